The lowest BCUT2D eigenvalue weighted by molar-refractivity contribution is -0.870. The van der Waals surface area contributed by atoms with Crippen LogP contribution in [0.25, 0.3) is 0 Å². The van der Waals surface area contributed by atoms with Crippen LogP contribution in [0.1, 0.15) is 232 Å². The van der Waals surface area contributed by atoms with Crippen molar-refractivity contribution in [3.05, 3.63) is 24.3 Å². The standard InChI is InChI=1S/C50H96NO8P/c1-6-8-10-12-14-16-18-20-21-22-23-24-25-26-27-28-29-31-33-35-37-39-41-43-50(53)59-48(47-58-60(54,55)57-45-44-51(3,4)5)46-56-49(52)42-40-38-36-34-32-30-19-17-15-13-11-9-7-2/h17,19,22-23,48H,6-16,18,20-21,24-47H2,1-5H3/p+1/b19-17-,23-22-. The van der Waals surface area contributed by atoms with Gasteiger partial charge in [-0.1, -0.05) is 179 Å². The Morgan fingerprint density at radius 3 is 1.25 bits per heavy atom. The second kappa shape index (κ2) is 42.8. The van der Waals surface area contributed by atoms with E-state index >= 15 is 0 Å². The number of hydrogen-bond donors (Lipinski definition) is 1. The number of likely N-dealkylation sites (N-methyl/N-ethyl adjacent to an activating group) is 1. The summed E-state index contributed by atoms with van der Waals surface area (Å²) in [6, 6.07) is 0. The van der Waals surface area contributed by atoms with Crippen LogP contribution in [-0.2, 0) is 32.7 Å². The maximum absolute atomic E-state index is 12.7. The average Bonchev–Trinajstić information content (AvgIpc) is 3.20. The van der Waals surface area contributed by atoms with E-state index < -0.39 is 26.5 Å². The molecule has 0 aliphatic rings. The average molecular weight is 871 g/mol. The van der Waals surface area contributed by atoms with E-state index in [1.807, 2.05) is 21.1 Å². The first kappa shape index (κ1) is 58.5. The van der Waals surface area contributed by atoms with E-state index in [2.05, 4.69) is 38.2 Å². The van der Waals surface area contributed by atoms with Crippen molar-refractivity contribution in [2.45, 2.75) is 238 Å². The van der Waals surface area contributed by atoms with Crippen molar-refractivity contribution < 1.29 is 42.1 Å². The fourth-order valence-electron chi connectivity index (χ4n) is 7.00. The number of rotatable bonds is 46. The first-order valence-electron chi connectivity index (χ1n) is 25.1. The van der Waals surface area contributed by atoms with Gasteiger partial charge in [-0.15, -0.1) is 0 Å². The molecule has 9 nitrogen and oxygen atoms in total. The zero-order chi connectivity index (χ0) is 44.3. The molecule has 60 heavy (non-hydrogen) atoms. The molecule has 1 N–H and O–H groups in total. The summed E-state index contributed by atoms with van der Waals surface area (Å²) in [4.78, 5) is 35.5. The number of carbonyl (C=O) groups is 2. The van der Waals surface area contributed by atoms with Gasteiger partial charge in [-0.2, -0.15) is 0 Å². The van der Waals surface area contributed by atoms with Gasteiger partial charge in [0.05, 0.1) is 27.7 Å². The monoisotopic (exact) mass is 871 g/mol. The molecule has 2 unspecified atom stereocenters. The van der Waals surface area contributed by atoms with Gasteiger partial charge in [-0.05, 0) is 64.2 Å². The summed E-state index contributed by atoms with van der Waals surface area (Å²) < 4.78 is 34.4. The highest BCUT2D eigenvalue weighted by Gasteiger charge is 2.27. The van der Waals surface area contributed by atoms with Gasteiger partial charge in [0.1, 0.15) is 19.8 Å². The number of phosphoric acid groups is 1. The molecular weight excluding hydrogens is 774 g/mol. The van der Waals surface area contributed by atoms with Gasteiger partial charge in [0.25, 0.3) is 0 Å². The normalized spacial score (nSPS) is 13.6. The van der Waals surface area contributed by atoms with Gasteiger partial charge in [-0.3, -0.25) is 18.6 Å². The van der Waals surface area contributed by atoms with Gasteiger partial charge in [0.2, 0.25) is 0 Å². The number of nitrogens with zero attached hydrogens (tertiary/aromatic N) is 1. The van der Waals surface area contributed by atoms with E-state index in [1.165, 1.54) is 148 Å². The lowest BCUT2D eigenvalue weighted by atomic mass is 10.0. The Morgan fingerprint density at radius 1 is 0.500 bits per heavy atom. The molecule has 0 saturated carbocycles. The predicted molar refractivity (Wildman–Crippen MR) is 252 cm³/mol. The number of quaternary nitrogens is 1. The Bertz CT molecular complexity index is 1070. The second-order valence-corrected chi connectivity index (χ2v) is 19.6. The fourth-order valence-corrected chi connectivity index (χ4v) is 7.75. The maximum Gasteiger partial charge on any atom is 0.472 e. The van der Waals surface area contributed by atoms with Crippen LogP contribution < -0.4 is 0 Å². The van der Waals surface area contributed by atoms with Crippen molar-refractivity contribution in [3.8, 4) is 0 Å². The molecule has 0 bridgehead atoms. The second-order valence-electron chi connectivity index (χ2n) is 18.2. The molecule has 0 aliphatic heterocycles. The highest BCUT2D eigenvalue weighted by atomic mass is 31.2. The molecule has 0 heterocycles. The topological polar surface area (TPSA) is 108 Å². The molecule has 0 aromatic carbocycles. The smallest absolute Gasteiger partial charge is 0.462 e. The van der Waals surface area contributed by atoms with Crippen LogP contribution in [0.15, 0.2) is 24.3 Å². The Hall–Kier alpha value is -1.51. The molecule has 0 rings (SSSR count). The van der Waals surface area contributed by atoms with E-state index in [9.17, 15) is 19.0 Å². The highest BCUT2D eigenvalue weighted by molar-refractivity contribution is 7.47. The third kappa shape index (κ3) is 46.0. The summed E-state index contributed by atoms with van der Waals surface area (Å²) in [5.74, 6) is -0.802. The van der Waals surface area contributed by atoms with Crippen molar-refractivity contribution in [1.29, 1.82) is 0 Å². The van der Waals surface area contributed by atoms with Crippen LogP contribution >= 0.6 is 7.82 Å². The molecule has 354 valence electrons. The molecule has 2 atom stereocenters. The highest BCUT2D eigenvalue weighted by Crippen LogP contribution is 2.43. The molecule has 0 aromatic rings. The minimum Gasteiger partial charge on any atom is -0.462 e. The van der Waals surface area contributed by atoms with E-state index in [0.29, 0.717) is 17.4 Å². The Kier molecular flexibility index (Phi) is 41.7. The molecule has 0 aromatic heterocycles. The van der Waals surface area contributed by atoms with Gasteiger partial charge in [0.15, 0.2) is 6.10 Å². The zero-order valence-electron chi connectivity index (χ0n) is 40.0. The summed E-state index contributed by atoms with van der Waals surface area (Å²) in [5, 5.41) is 0. The summed E-state index contributed by atoms with van der Waals surface area (Å²) in [7, 11) is 1.48. The van der Waals surface area contributed by atoms with Gasteiger partial charge in [-0.25, -0.2) is 4.57 Å². The molecule has 0 amide bonds. The predicted octanol–water partition coefficient (Wildman–Crippen LogP) is 14.7. The summed E-state index contributed by atoms with van der Waals surface area (Å²) in [6.07, 6.45) is 48.0. The van der Waals surface area contributed by atoms with Crippen molar-refractivity contribution in [2.75, 3.05) is 47.5 Å². The quantitative estimate of drug-likeness (QED) is 0.0212. The van der Waals surface area contributed by atoms with Crippen LogP contribution in [0.3, 0.4) is 0 Å². The van der Waals surface area contributed by atoms with Crippen LogP contribution in [-0.4, -0.2) is 74.9 Å². The zero-order valence-corrected chi connectivity index (χ0v) is 40.9. The van der Waals surface area contributed by atoms with Gasteiger partial charge in [0, 0.05) is 12.8 Å². The third-order valence-corrected chi connectivity index (χ3v) is 11.9. The minimum absolute atomic E-state index is 0.0318. The maximum atomic E-state index is 12.7. The van der Waals surface area contributed by atoms with Crippen LogP contribution in [0.2, 0.25) is 0 Å². The SMILES string of the molecule is CCCCCC/C=C\CCCCCCCC(=O)OCC(COP(=O)(O)OCC[N+](C)(C)C)OC(=O)CCCCCCCCCCCCC/C=C\CCCCCCCCCC. The Balaban J connectivity index is 4.21. The van der Waals surface area contributed by atoms with Crippen molar-refractivity contribution in [3.63, 3.8) is 0 Å². The minimum atomic E-state index is -4.38. The van der Waals surface area contributed by atoms with Crippen molar-refractivity contribution in [1.82, 2.24) is 0 Å². The summed E-state index contributed by atoms with van der Waals surface area (Å²) in [5.41, 5.74) is 0. The summed E-state index contributed by atoms with van der Waals surface area (Å²) >= 11 is 0. The molecule has 0 radical (unpaired) electrons. The van der Waals surface area contributed by atoms with Gasteiger partial charge < -0.3 is 18.9 Å². The third-order valence-electron chi connectivity index (χ3n) is 11.0. The molecule has 0 saturated heterocycles. The Morgan fingerprint density at radius 2 is 0.850 bits per heavy atom. The number of carbonyl (C=O) groups excluding carboxylic acids is 2. The van der Waals surface area contributed by atoms with E-state index in [4.69, 9.17) is 18.5 Å². The molecule has 0 fully saturated rings. The molecule has 0 aliphatic carbocycles. The number of esters is 2. The van der Waals surface area contributed by atoms with Crippen LogP contribution in [0.4, 0.5) is 0 Å². The largest absolute Gasteiger partial charge is 0.472 e. The van der Waals surface area contributed by atoms with Gasteiger partial charge >= 0.3 is 19.8 Å². The lowest BCUT2D eigenvalue weighted by Crippen LogP contribution is -2.37. The van der Waals surface area contributed by atoms with E-state index in [-0.39, 0.29) is 32.0 Å². The number of hydrogen-bond acceptors (Lipinski definition) is 7. The summed E-state index contributed by atoms with van der Waals surface area (Å²) in [6.45, 7) is 4.42. The number of unbranched alkanes of at least 4 members (excludes halogenated alkanes) is 28. The fraction of sp³-hybridized carbons (Fsp3) is 0.880. The number of allylic oxidation sites excluding steroid dienone is 4. The van der Waals surface area contributed by atoms with E-state index in [1.54, 1.807) is 0 Å². The van der Waals surface area contributed by atoms with Crippen LogP contribution in [0.5, 0.6) is 0 Å². The Labute approximate surface area is 370 Å². The van der Waals surface area contributed by atoms with Crippen LogP contribution in [0, 0.1) is 0 Å². The molecule has 10 heteroatoms. The number of ether oxygens (including phenoxy) is 2. The van der Waals surface area contributed by atoms with E-state index in [0.717, 1.165) is 51.4 Å². The first-order valence-corrected chi connectivity index (χ1v) is 26.6. The first-order chi connectivity index (χ1) is 29.0. The van der Waals surface area contributed by atoms with Crippen molar-refractivity contribution >= 4 is 19.8 Å². The molecule has 0 spiro atoms. The molecular formula is C50H97NO8P+. The van der Waals surface area contributed by atoms with Crippen molar-refractivity contribution in [2.24, 2.45) is 0 Å². The number of phosphoric ester groups is 1. The lowest BCUT2D eigenvalue weighted by Gasteiger charge is -2.24.